The third-order valence-corrected chi connectivity index (χ3v) is 5.78. The number of carboxylic acids is 3. The number of alkyl halides is 3. The van der Waals surface area contributed by atoms with E-state index < -0.39 is 53.2 Å². The van der Waals surface area contributed by atoms with Gasteiger partial charge in [-0.2, -0.15) is 13.2 Å². The summed E-state index contributed by atoms with van der Waals surface area (Å²) in [7, 11) is 0. The average molecular weight is 518 g/mol. The summed E-state index contributed by atoms with van der Waals surface area (Å²) in [6.07, 6.45) is -4.87. The Labute approximate surface area is 205 Å². The minimum atomic E-state index is -4.64. The van der Waals surface area contributed by atoms with E-state index in [9.17, 15) is 47.7 Å². The van der Waals surface area contributed by atoms with E-state index in [1.165, 1.54) is 24.3 Å². The van der Waals surface area contributed by atoms with Crippen LogP contribution < -0.4 is 5.32 Å². The number of likely N-dealkylation sites (tertiary alicyclic amines) is 1. The van der Waals surface area contributed by atoms with Crippen molar-refractivity contribution < 1.29 is 47.7 Å². The van der Waals surface area contributed by atoms with E-state index in [2.05, 4.69) is 15.3 Å². The van der Waals surface area contributed by atoms with Crippen LogP contribution in [0.2, 0.25) is 0 Å². The lowest BCUT2D eigenvalue weighted by molar-refractivity contribution is -0.142. The van der Waals surface area contributed by atoms with Crippen molar-refractivity contribution in [2.45, 2.75) is 18.6 Å². The fourth-order valence-electron chi connectivity index (χ4n) is 3.94. The third-order valence-electron chi connectivity index (χ3n) is 5.78. The molecule has 0 aliphatic carbocycles. The molecule has 192 valence electrons. The van der Waals surface area contributed by atoms with Gasteiger partial charge in [0.2, 0.25) is 0 Å². The Morgan fingerprint density at radius 1 is 0.919 bits per heavy atom. The van der Waals surface area contributed by atoms with Crippen molar-refractivity contribution >= 4 is 46.4 Å². The van der Waals surface area contributed by atoms with Gasteiger partial charge in [-0.1, -0.05) is 0 Å². The second-order valence-electron chi connectivity index (χ2n) is 8.21. The summed E-state index contributed by atoms with van der Waals surface area (Å²) >= 11 is 0. The summed E-state index contributed by atoms with van der Waals surface area (Å²) in [4.78, 5) is 56.1. The molecule has 14 heteroatoms. The molecule has 2 aromatic carbocycles. The largest absolute Gasteiger partial charge is 0.481 e. The Kier molecular flexibility index (Phi) is 6.42. The summed E-state index contributed by atoms with van der Waals surface area (Å²) < 4.78 is 39.2. The fraction of sp³-hybridized carbons (Fsp3) is 0.217. The number of carbonyl (C=O) groups is 4. The number of hydrogen-bond donors (Lipinski definition) is 4. The number of rotatable bonds is 6. The molecule has 1 aliphatic rings. The number of amides is 1. The molecule has 0 spiro atoms. The Morgan fingerprint density at radius 3 is 2.16 bits per heavy atom. The van der Waals surface area contributed by atoms with Crippen LogP contribution in [0.5, 0.6) is 0 Å². The smallest absolute Gasteiger partial charge is 0.416 e. The molecule has 0 bridgehead atoms. The van der Waals surface area contributed by atoms with Crippen LogP contribution in [0.1, 0.15) is 32.8 Å². The first-order chi connectivity index (χ1) is 17.3. The Morgan fingerprint density at radius 2 is 1.59 bits per heavy atom. The van der Waals surface area contributed by atoms with E-state index in [-0.39, 0.29) is 41.1 Å². The van der Waals surface area contributed by atoms with Gasteiger partial charge in [0.25, 0.3) is 5.91 Å². The number of nitrogens with zero attached hydrogens (tertiary/aromatic N) is 3. The molecule has 3 aromatic rings. The number of hydrogen-bond acceptors (Lipinski definition) is 7. The van der Waals surface area contributed by atoms with Crippen molar-refractivity contribution in [2.24, 2.45) is 5.92 Å². The van der Waals surface area contributed by atoms with Crippen LogP contribution in [-0.4, -0.2) is 66.6 Å². The highest BCUT2D eigenvalue weighted by atomic mass is 19.4. The summed E-state index contributed by atoms with van der Waals surface area (Å²) in [5, 5.41) is 30.7. The van der Waals surface area contributed by atoms with Gasteiger partial charge >= 0.3 is 24.1 Å². The number of aromatic carboxylic acids is 1. The van der Waals surface area contributed by atoms with Crippen molar-refractivity contribution in [1.82, 2.24) is 14.9 Å². The van der Waals surface area contributed by atoms with E-state index in [0.717, 1.165) is 23.1 Å². The fourth-order valence-corrected chi connectivity index (χ4v) is 3.94. The van der Waals surface area contributed by atoms with Gasteiger partial charge < -0.3 is 25.5 Å². The quantitative estimate of drug-likeness (QED) is 0.380. The predicted octanol–water partition coefficient (Wildman–Crippen LogP) is 3.09. The van der Waals surface area contributed by atoms with Crippen LogP contribution in [-0.2, 0) is 15.8 Å². The highest BCUT2D eigenvalue weighted by Crippen LogP contribution is 2.32. The number of carbonyl (C=O) groups excluding carboxylic acids is 1. The second kappa shape index (κ2) is 9.37. The molecule has 1 saturated heterocycles. The number of nitrogens with one attached hydrogen (secondary N) is 1. The van der Waals surface area contributed by atoms with Gasteiger partial charge in [0.15, 0.2) is 11.5 Å². The van der Waals surface area contributed by atoms with Crippen LogP contribution in [0.25, 0.3) is 11.0 Å². The maximum atomic E-state index is 13.1. The van der Waals surface area contributed by atoms with Crippen LogP contribution in [0.4, 0.5) is 24.7 Å². The summed E-state index contributed by atoms with van der Waals surface area (Å²) in [6.45, 7) is -0.278. The number of aliphatic carboxylic acids is 2. The van der Waals surface area contributed by atoms with E-state index >= 15 is 0 Å². The lowest BCUT2D eigenvalue weighted by Crippen LogP contribution is -2.40. The molecule has 2 heterocycles. The maximum Gasteiger partial charge on any atom is 0.416 e. The molecule has 0 radical (unpaired) electrons. The van der Waals surface area contributed by atoms with Gasteiger partial charge in [-0.15, -0.1) is 0 Å². The normalized spacial score (nSPS) is 17.5. The van der Waals surface area contributed by atoms with Crippen LogP contribution in [0.15, 0.2) is 42.5 Å². The van der Waals surface area contributed by atoms with Crippen molar-refractivity contribution in [3.05, 3.63) is 59.3 Å². The van der Waals surface area contributed by atoms with E-state index in [0.29, 0.717) is 0 Å². The Bertz CT molecular complexity index is 1430. The zero-order valence-corrected chi connectivity index (χ0v) is 18.6. The Hall–Kier alpha value is -4.75. The van der Waals surface area contributed by atoms with Crippen molar-refractivity contribution in [3.63, 3.8) is 0 Å². The predicted molar refractivity (Wildman–Crippen MR) is 119 cm³/mol. The lowest BCUT2D eigenvalue weighted by Gasteiger charge is -2.21. The Balaban J connectivity index is 1.61. The number of halogens is 3. The first-order valence-electron chi connectivity index (χ1n) is 10.6. The van der Waals surface area contributed by atoms with Crippen LogP contribution in [0.3, 0.4) is 0 Å². The molecule has 37 heavy (non-hydrogen) atoms. The standard InChI is InChI=1S/C23H17F3N4O7/c24-23(25,26)12-3-6-14-15(8-12)29-18(17(28-14)22(36)37)27-13-4-1-10(2-5-13)19(31)30-9-11(20(32)33)7-16(30)21(34)35/h1-6,8,11,16H,7,9H2,(H,27,29)(H,32,33)(H,34,35)(H,36,37). The third kappa shape index (κ3) is 5.12. The van der Waals surface area contributed by atoms with Crippen molar-refractivity contribution in [1.29, 1.82) is 0 Å². The number of fused-ring (bicyclic) bond motifs is 1. The molecule has 1 amide bonds. The zero-order chi connectivity index (χ0) is 27.1. The first kappa shape index (κ1) is 25.3. The minimum Gasteiger partial charge on any atom is -0.481 e. The topological polar surface area (TPSA) is 170 Å². The second-order valence-corrected chi connectivity index (χ2v) is 8.21. The van der Waals surface area contributed by atoms with Gasteiger partial charge in [-0.05, 0) is 48.9 Å². The molecule has 1 fully saturated rings. The number of aromatic nitrogens is 2. The molecule has 11 nitrogen and oxygen atoms in total. The van der Waals surface area contributed by atoms with Crippen LogP contribution in [0, 0.1) is 5.92 Å². The lowest BCUT2D eigenvalue weighted by atomic mass is 10.1. The van der Waals surface area contributed by atoms with Crippen LogP contribution >= 0.6 is 0 Å². The first-order valence-corrected chi connectivity index (χ1v) is 10.6. The number of anilines is 2. The van der Waals surface area contributed by atoms with E-state index in [4.69, 9.17) is 0 Å². The molecule has 4 N–H and O–H groups in total. The van der Waals surface area contributed by atoms with E-state index in [1.54, 1.807) is 0 Å². The monoisotopic (exact) mass is 518 g/mol. The molecule has 2 atom stereocenters. The summed E-state index contributed by atoms with van der Waals surface area (Å²) in [5.41, 5.74) is -1.54. The molecule has 4 rings (SSSR count). The number of carboxylic acid groups (broad SMARTS) is 3. The molecule has 2 unspecified atom stereocenters. The molecular formula is C23H17F3N4O7. The SMILES string of the molecule is O=C(O)c1nc2ccc(C(F)(F)F)cc2nc1Nc1ccc(C(=O)N2CC(C(=O)O)CC2C(=O)O)cc1. The average Bonchev–Trinajstić information content (AvgIpc) is 3.29. The zero-order valence-electron chi connectivity index (χ0n) is 18.6. The summed E-state index contributed by atoms with van der Waals surface area (Å²) in [6, 6.07) is 6.50. The van der Waals surface area contributed by atoms with Gasteiger partial charge in [-0.3, -0.25) is 9.59 Å². The number of benzene rings is 2. The van der Waals surface area contributed by atoms with Gasteiger partial charge in [0, 0.05) is 17.8 Å². The van der Waals surface area contributed by atoms with Crippen molar-refractivity contribution in [2.75, 3.05) is 11.9 Å². The highest BCUT2D eigenvalue weighted by molar-refractivity contribution is 5.98. The molecule has 0 saturated carbocycles. The highest BCUT2D eigenvalue weighted by Gasteiger charge is 2.42. The molecular weight excluding hydrogens is 501 g/mol. The molecule has 1 aromatic heterocycles. The van der Waals surface area contributed by atoms with Gasteiger partial charge in [0.1, 0.15) is 6.04 Å². The van der Waals surface area contributed by atoms with Crippen molar-refractivity contribution in [3.8, 4) is 0 Å². The summed E-state index contributed by atoms with van der Waals surface area (Å²) in [5.74, 6) is -6.10. The minimum absolute atomic E-state index is 0.0423. The van der Waals surface area contributed by atoms with Gasteiger partial charge in [0.05, 0.1) is 22.5 Å². The molecule has 1 aliphatic heterocycles. The van der Waals surface area contributed by atoms with Gasteiger partial charge in [-0.25, -0.2) is 19.6 Å². The van der Waals surface area contributed by atoms with E-state index in [1.807, 2.05) is 0 Å². The maximum absolute atomic E-state index is 13.1.